The van der Waals surface area contributed by atoms with Crippen LogP contribution in [0.1, 0.15) is 39.5 Å². The van der Waals surface area contributed by atoms with Crippen LogP contribution < -0.4 is 4.90 Å². The van der Waals surface area contributed by atoms with Gasteiger partial charge in [-0.25, -0.2) is 0 Å². The molecule has 0 aromatic heterocycles. The van der Waals surface area contributed by atoms with Crippen LogP contribution in [-0.2, 0) is 0 Å². The fraction of sp³-hybridized carbons (Fsp3) is 0.600. The lowest BCUT2D eigenvalue weighted by atomic mass is 10.1. The van der Waals surface area contributed by atoms with E-state index in [1.54, 1.807) is 6.07 Å². The Bertz CT molecular complexity index is 356. The van der Waals surface area contributed by atoms with Crippen LogP contribution >= 0.6 is 0 Å². The normalized spacial score (nSPS) is 16.6. The first-order valence-electron chi connectivity index (χ1n) is 6.72. The lowest BCUT2D eigenvalue weighted by Crippen LogP contribution is -2.36. The SMILES string of the molecule is CC(C)CN(c1cccc(O)c1)C1CCCC1. The highest BCUT2D eigenvalue weighted by Crippen LogP contribution is 2.30. The fourth-order valence-electron chi connectivity index (χ4n) is 2.75. The molecule has 1 aromatic rings. The molecule has 0 atom stereocenters. The average Bonchev–Trinajstić information content (AvgIpc) is 2.79. The van der Waals surface area contributed by atoms with Crippen LogP contribution in [0.3, 0.4) is 0 Å². The van der Waals surface area contributed by atoms with Crippen molar-refractivity contribution in [3.05, 3.63) is 24.3 Å². The maximum atomic E-state index is 9.61. The molecule has 0 unspecified atom stereocenters. The average molecular weight is 233 g/mol. The van der Waals surface area contributed by atoms with Gasteiger partial charge >= 0.3 is 0 Å². The van der Waals surface area contributed by atoms with Crippen molar-refractivity contribution in [3.8, 4) is 5.75 Å². The van der Waals surface area contributed by atoms with E-state index >= 15 is 0 Å². The van der Waals surface area contributed by atoms with Crippen LogP contribution in [0.5, 0.6) is 5.75 Å². The standard InChI is InChI=1S/C15H23NO/c1-12(2)11-16(13-6-3-4-7-13)14-8-5-9-15(17)10-14/h5,8-10,12-13,17H,3-4,6-7,11H2,1-2H3. The van der Waals surface area contributed by atoms with E-state index in [9.17, 15) is 5.11 Å². The first-order valence-corrected chi connectivity index (χ1v) is 6.72. The molecule has 2 rings (SSSR count). The van der Waals surface area contributed by atoms with Crippen LogP contribution in [0.4, 0.5) is 5.69 Å². The number of nitrogens with zero attached hydrogens (tertiary/aromatic N) is 1. The molecule has 0 heterocycles. The molecule has 1 saturated carbocycles. The second-order valence-corrected chi connectivity index (χ2v) is 5.50. The van der Waals surface area contributed by atoms with Crippen LogP contribution in [-0.4, -0.2) is 17.7 Å². The van der Waals surface area contributed by atoms with Gasteiger partial charge in [-0.15, -0.1) is 0 Å². The summed E-state index contributed by atoms with van der Waals surface area (Å²) in [5, 5.41) is 9.61. The molecule has 94 valence electrons. The number of hydrogen-bond acceptors (Lipinski definition) is 2. The predicted molar refractivity (Wildman–Crippen MR) is 72.5 cm³/mol. The van der Waals surface area contributed by atoms with Gasteiger partial charge in [0.25, 0.3) is 0 Å². The maximum absolute atomic E-state index is 9.61. The minimum Gasteiger partial charge on any atom is -0.508 e. The van der Waals surface area contributed by atoms with E-state index < -0.39 is 0 Å². The third kappa shape index (κ3) is 3.15. The molecule has 2 heteroatoms. The van der Waals surface area contributed by atoms with Gasteiger partial charge in [0.15, 0.2) is 0 Å². The van der Waals surface area contributed by atoms with Crippen LogP contribution in [0.2, 0.25) is 0 Å². The third-order valence-electron chi connectivity index (χ3n) is 3.49. The molecule has 1 fully saturated rings. The molecule has 1 aromatic carbocycles. The molecule has 1 aliphatic carbocycles. The summed E-state index contributed by atoms with van der Waals surface area (Å²) in [4.78, 5) is 2.48. The van der Waals surface area contributed by atoms with Gasteiger partial charge < -0.3 is 10.0 Å². The summed E-state index contributed by atoms with van der Waals surface area (Å²) in [5.74, 6) is 1.02. The molecule has 0 saturated heterocycles. The Morgan fingerprint density at radius 1 is 1.29 bits per heavy atom. The summed E-state index contributed by atoms with van der Waals surface area (Å²) < 4.78 is 0. The molecule has 2 nitrogen and oxygen atoms in total. The van der Waals surface area contributed by atoms with Crippen molar-refractivity contribution in [2.75, 3.05) is 11.4 Å². The topological polar surface area (TPSA) is 23.5 Å². The number of aromatic hydroxyl groups is 1. The van der Waals surface area contributed by atoms with Crippen molar-refractivity contribution in [2.45, 2.75) is 45.6 Å². The maximum Gasteiger partial charge on any atom is 0.117 e. The number of hydrogen-bond donors (Lipinski definition) is 1. The van der Waals surface area contributed by atoms with E-state index in [1.165, 1.54) is 31.4 Å². The Kier molecular flexibility index (Phi) is 3.93. The Balaban J connectivity index is 2.19. The Morgan fingerprint density at radius 2 is 2.00 bits per heavy atom. The smallest absolute Gasteiger partial charge is 0.117 e. The van der Waals surface area contributed by atoms with E-state index in [2.05, 4.69) is 24.8 Å². The van der Waals surface area contributed by atoms with E-state index in [0.717, 1.165) is 6.54 Å². The van der Waals surface area contributed by atoms with Crippen molar-refractivity contribution in [1.29, 1.82) is 0 Å². The van der Waals surface area contributed by atoms with Crippen LogP contribution in [0, 0.1) is 5.92 Å². The zero-order valence-corrected chi connectivity index (χ0v) is 10.9. The third-order valence-corrected chi connectivity index (χ3v) is 3.49. The largest absolute Gasteiger partial charge is 0.508 e. The van der Waals surface area contributed by atoms with Crippen molar-refractivity contribution in [3.63, 3.8) is 0 Å². The number of phenols is 1. The molecule has 17 heavy (non-hydrogen) atoms. The van der Waals surface area contributed by atoms with E-state index in [4.69, 9.17) is 0 Å². The first-order chi connectivity index (χ1) is 8.16. The molecule has 0 bridgehead atoms. The molecule has 0 aliphatic heterocycles. The van der Waals surface area contributed by atoms with Gasteiger partial charge in [0.1, 0.15) is 5.75 Å². The predicted octanol–water partition coefficient (Wildman–Crippen LogP) is 3.80. The van der Waals surface area contributed by atoms with Crippen molar-refractivity contribution >= 4 is 5.69 Å². The van der Waals surface area contributed by atoms with E-state index in [-0.39, 0.29) is 0 Å². The van der Waals surface area contributed by atoms with Gasteiger partial charge in [0.05, 0.1) is 0 Å². The summed E-state index contributed by atoms with van der Waals surface area (Å²) in [5.41, 5.74) is 1.17. The monoisotopic (exact) mass is 233 g/mol. The molecule has 1 N–H and O–H groups in total. The van der Waals surface area contributed by atoms with Gasteiger partial charge in [-0.1, -0.05) is 32.8 Å². The zero-order chi connectivity index (χ0) is 12.3. The zero-order valence-electron chi connectivity index (χ0n) is 10.9. The lowest BCUT2D eigenvalue weighted by molar-refractivity contribution is 0.473. The second kappa shape index (κ2) is 5.44. The molecule has 0 spiro atoms. The molecule has 0 radical (unpaired) electrons. The Labute approximate surface area is 104 Å². The van der Waals surface area contributed by atoms with Crippen molar-refractivity contribution in [2.24, 2.45) is 5.92 Å². The highest BCUT2D eigenvalue weighted by atomic mass is 16.3. The van der Waals surface area contributed by atoms with Gasteiger partial charge in [-0.05, 0) is 30.9 Å². The first kappa shape index (κ1) is 12.3. The Hall–Kier alpha value is -1.18. The lowest BCUT2D eigenvalue weighted by Gasteiger charge is -2.32. The van der Waals surface area contributed by atoms with Gasteiger partial charge in [0, 0.05) is 24.3 Å². The minimum atomic E-state index is 0.370. The molecular formula is C15H23NO. The summed E-state index contributed by atoms with van der Waals surface area (Å²) in [6.45, 7) is 5.59. The molecule has 1 aliphatic rings. The summed E-state index contributed by atoms with van der Waals surface area (Å²) in [6.07, 6.45) is 5.28. The fourth-order valence-corrected chi connectivity index (χ4v) is 2.75. The van der Waals surface area contributed by atoms with Gasteiger partial charge in [-0.2, -0.15) is 0 Å². The summed E-state index contributed by atoms with van der Waals surface area (Å²) >= 11 is 0. The van der Waals surface area contributed by atoms with Gasteiger partial charge in [0.2, 0.25) is 0 Å². The minimum absolute atomic E-state index is 0.370. The Morgan fingerprint density at radius 3 is 2.59 bits per heavy atom. The highest BCUT2D eigenvalue weighted by Gasteiger charge is 2.23. The van der Waals surface area contributed by atoms with Crippen molar-refractivity contribution < 1.29 is 5.11 Å². The summed E-state index contributed by atoms with van der Waals surface area (Å²) in [6, 6.07) is 8.35. The summed E-state index contributed by atoms with van der Waals surface area (Å²) in [7, 11) is 0. The van der Waals surface area contributed by atoms with E-state index in [1.807, 2.05) is 12.1 Å². The van der Waals surface area contributed by atoms with Crippen LogP contribution in [0.25, 0.3) is 0 Å². The number of phenolic OH excluding ortho intramolecular Hbond substituents is 1. The number of benzene rings is 1. The highest BCUT2D eigenvalue weighted by molar-refractivity contribution is 5.51. The molecular weight excluding hydrogens is 210 g/mol. The van der Waals surface area contributed by atoms with E-state index in [0.29, 0.717) is 17.7 Å². The van der Waals surface area contributed by atoms with Gasteiger partial charge in [-0.3, -0.25) is 0 Å². The van der Waals surface area contributed by atoms with Crippen molar-refractivity contribution in [1.82, 2.24) is 0 Å². The number of rotatable bonds is 4. The quantitative estimate of drug-likeness (QED) is 0.855. The van der Waals surface area contributed by atoms with Crippen LogP contribution in [0.15, 0.2) is 24.3 Å². The molecule has 0 amide bonds. The second-order valence-electron chi connectivity index (χ2n) is 5.50. The number of anilines is 1.